The minimum atomic E-state index is -0.143. The number of amides is 1. The SMILES string of the molecule is O=C1CC(S)CN1C1CCC(O)CC1. The van der Waals surface area contributed by atoms with Crippen LogP contribution in [0.4, 0.5) is 0 Å². The second-order valence-electron chi connectivity index (χ2n) is 4.37. The van der Waals surface area contributed by atoms with Crippen LogP contribution in [-0.2, 0) is 4.79 Å². The Bertz CT molecular complexity index is 226. The van der Waals surface area contributed by atoms with E-state index in [1.54, 1.807) is 0 Å². The van der Waals surface area contributed by atoms with Crippen molar-refractivity contribution in [1.82, 2.24) is 4.90 Å². The maximum absolute atomic E-state index is 11.6. The molecule has 4 heteroatoms. The Kier molecular flexibility index (Phi) is 3.02. The van der Waals surface area contributed by atoms with Crippen LogP contribution in [0.5, 0.6) is 0 Å². The molecule has 1 aliphatic carbocycles. The molecule has 3 nitrogen and oxygen atoms in total. The predicted octanol–water partition coefficient (Wildman–Crippen LogP) is 0.821. The van der Waals surface area contributed by atoms with Gasteiger partial charge >= 0.3 is 0 Å². The van der Waals surface area contributed by atoms with Gasteiger partial charge in [0.25, 0.3) is 0 Å². The summed E-state index contributed by atoms with van der Waals surface area (Å²) in [5, 5.41) is 9.59. The monoisotopic (exact) mass is 215 g/mol. The van der Waals surface area contributed by atoms with Crippen LogP contribution in [0.3, 0.4) is 0 Å². The zero-order chi connectivity index (χ0) is 10.1. The number of likely N-dealkylation sites (tertiary alicyclic amines) is 1. The normalized spacial score (nSPS) is 39.1. The molecular formula is C10H17NO2S. The van der Waals surface area contributed by atoms with Gasteiger partial charge in [0, 0.05) is 24.3 Å². The van der Waals surface area contributed by atoms with Gasteiger partial charge in [-0.15, -0.1) is 0 Å². The number of hydrogen-bond acceptors (Lipinski definition) is 3. The zero-order valence-corrected chi connectivity index (χ0v) is 9.12. The van der Waals surface area contributed by atoms with Crippen molar-refractivity contribution in [3.63, 3.8) is 0 Å². The van der Waals surface area contributed by atoms with Gasteiger partial charge in [0.2, 0.25) is 5.91 Å². The van der Waals surface area contributed by atoms with E-state index in [4.69, 9.17) is 0 Å². The third-order valence-corrected chi connectivity index (χ3v) is 3.59. The molecule has 2 aliphatic rings. The highest BCUT2D eigenvalue weighted by atomic mass is 32.1. The molecule has 0 radical (unpaired) electrons. The largest absolute Gasteiger partial charge is 0.393 e. The second kappa shape index (κ2) is 4.11. The van der Waals surface area contributed by atoms with Crippen LogP contribution in [0, 0.1) is 0 Å². The molecule has 1 N–H and O–H groups in total. The Morgan fingerprint density at radius 3 is 2.43 bits per heavy atom. The van der Waals surface area contributed by atoms with Crippen molar-refractivity contribution in [3.8, 4) is 0 Å². The molecule has 1 heterocycles. The van der Waals surface area contributed by atoms with E-state index in [2.05, 4.69) is 12.6 Å². The summed E-state index contributed by atoms with van der Waals surface area (Å²) in [6, 6.07) is 0.364. The molecule has 0 spiro atoms. The molecule has 2 fully saturated rings. The van der Waals surface area contributed by atoms with Gasteiger partial charge in [0.1, 0.15) is 0 Å². The molecule has 80 valence electrons. The number of nitrogens with zero attached hydrogens (tertiary/aromatic N) is 1. The van der Waals surface area contributed by atoms with E-state index in [-0.39, 0.29) is 17.3 Å². The topological polar surface area (TPSA) is 40.5 Å². The summed E-state index contributed by atoms with van der Waals surface area (Å²) in [5.74, 6) is 0.242. The molecule has 1 aliphatic heterocycles. The molecular weight excluding hydrogens is 198 g/mol. The summed E-state index contributed by atoms with van der Waals surface area (Å²) >= 11 is 4.34. The number of rotatable bonds is 1. The first-order valence-corrected chi connectivity index (χ1v) is 5.84. The van der Waals surface area contributed by atoms with E-state index in [1.807, 2.05) is 4.90 Å². The molecule has 1 saturated heterocycles. The highest BCUT2D eigenvalue weighted by molar-refractivity contribution is 7.81. The lowest BCUT2D eigenvalue weighted by atomic mass is 9.92. The predicted molar refractivity (Wildman–Crippen MR) is 57.4 cm³/mol. The van der Waals surface area contributed by atoms with Gasteiger partial charge in [-0.25, -0.2) is 0 Å². The lowest BCUT2D eigenvalue weighted by molar-refractivity contribution is -0.130. The quantitative estimate of drug-likeness (QED) is 0.636. The number of carbonyl (C=O) groups excluding carboxylic acids is 1. The van der Waals surface area contributed by atoms with E-state index in [0.717, 1.165) is 32.2 Å². The Labute approximate surface area is 89.9 Å². The number of carbonyl (C=O) groups is 1. The fourth-order valence-corrected chi connectivity index (χ4v) is 2.77. The average Bonchev–Trinajstić information content (AvgIpc) is 2.47. The van der Waals surface area contributed by atoms with E-state index in [0.29, 0.717) is 12.5 Å². The Morgan fingerprint density at radius 1 is 1.29 bits per heavy atom. The van der Waals surface area contributed by atoms with Gasteiger partial charge in [0.05, 0.1) is 6.10 Å². The number of thiol groups is 1. The molecule has 1 saturated carbocycles. The first kappa shape index (κ1) is 10.3. The van der Waals surface area contributed by atoms with Gasteiger partial charge in [0.15, 0.2) is 0 Å². The van der Waals surface area contributed by atoms with Crippen LogP contribution >= 0.6 is 12.6 Å². The maximum atomic E-state index is 11.6. The van der Waals surface area contributed by atoms with Gasteiger partial charge in [-0.05, 0) is 25.7 Å². The number of hydrogen-bond donors (Lipinski definition) is 2. The van der Waals surface area contributed by atoms with E-state index < -0.39 is 0 Å². The van der Waals surface area contributed by atoms with Crippen molar-refractivity contribution >= 4 is 18.5 Å². The minimum absolute atomic E-state index is 0.143. The maximum Gasteiger partial charge on any atom is 0.224 e. The summed E-state index contributed by atoms with van der Waals surface area (Å²) in [4.78, 5) is 13.5. The molecule has 0 aromatic rings. The van der Waals surface area contributed by atoms with Crippen LogP contribution in [0.2, 0.25) is 0 Å². The summed E-state index contributed by atoms with van der Waals surface area (Å²) in [6.45, 7) is 0.794. The Hall–Kier alpha value is -0.220. The van der Waals surface area contributed by atoms with E-state index in [9.17, 15) is 9.90 Å². The fourth-order valence-electron chi connectivity index (χ4n) is 2.43. The van der Waals surface area contributed by atoms with E-state index >= 15 is 0 Å². The van der Waals surface area contributed by atoms with Crippen LogP contribution < -0.4 is 0 Å². The van der Waals surface area contributed by atoms with Gasteiger partial charge < -0.3 is 10.0 Å². The number of aliphatic hydroxyl groups excluding tert-OH is 1. The van der Waals surface area contributed by atoms with Gasteiger partial charge in [-0.3, -0.25) is 4.79 Å². The van der Waals surface area contributed by atoms with Crippen molar-refractivity contribution in [2.45, 2.75) is 49.5 Å². The average molecular weight is 215 g/mol. The van der Waals surface area contributed by atoms with Crippen LogP contribution in [0.1, 0.15) is 32.1 Å². The van der Waals surface area contributed by atoms with Crippen LogP contribution in [0.15, 0.2) is 0 Å². The lowest BCUT2D eigenvalue weighted by Gasteiger charge is -2.33. The minimum Gasteiger partial charge on any atom is -0.393 e. The Morgan fingerprint density at radius 2 is 1.93 bits per heavy atom. The summed E-state index contributed by atoms with van der Waals surface area (Å²) in [7, 11) is 0. The second-order valence-corrected chi connectivity index (χ2v) is 5.10. The summed E-state index contributed by atoms with van der Waals surface area (Å²) in [5.41, 5.74) is 0. The van der Waals surface area contributed by atoms with Gasteiger partial charge in [-0.2, -0.15) is 12.6 Å². The van der Waals surface area contributed by atoms with Gasteiger partial charge in [-0.1, -0.05) is 0 Å². The molecule has 1 amide bonds. The van der Waals surface area contributed by atoms with Crippen LogP contribution in [0.25, 0.3) is 0 Å². The fraction of sp³-hybridized carbons (Fsp3) is 0.900. The zero-order valence-electron chi connectivity index (χ0n) is 8.22. The molecule has 1 atom stereocenters. The highest BCUT2D eigenvalue weighted by Gasteiger charge is 2.34. The molecule has 14 heavy (non-hydrogen) atoms. The van der Waals surface area contributed by atoms with Crippen molar-refractivity contribution in [2.24, 2.45) is 0 Å². The van der Waals surface area contributed by atoms with Crippen molar-refractivity contribution in [3.05, 3.63) is 0 Å². The van der Waals surface area contributed by atoms with Crippen LogP contribution in [-0.4, -0.2) is 39.9 Å². The first-order valence-electron chi connectivity index (χ1n) is 5.32. The third kappa shape index (κ3) is 2.06. The van der Waals surface area contributed by atoms with Crippen molar-refractivity contribution in [1.29, 1.82) is 0 Å². The first-order chi connectivity index (χ1) is 6.66. The number of aliphatic hydroxyl groups is 1. The summed E-state index contributed by atoms with van der Waals surface area (Å²) in [6.07, 6.45) is 4.02. The summed E-state index contributed by atoms with van der Waals surface area (Å²) < 4.78 is 0. The smallest absolute Gasteiger partial charge is 0.224 e. The Balaban J connectivity index is 1.92. The molecule has 1 unspecified atom stereocenters. The highest BCUT2D eigenvalue weighted by Crippen LogP contribution is 2.27. The van der Waals surface area contributed by atoms with Crippen molar-refractivity contribution in [2.75, 3.05) is 6.54 Å². The molecule has 0 bridgehead atoms. The molecule has 2 rings (SSSR count). The molecule has 0 aromatic heterocycles. The van der Waals surface area contributed by atoms with E-state index in [1.165, 1.54) is 0 Å². The third-order valence-electron chi connectivity index (χ3n) is 3.25. The lowest BCUT2D eigenvalue weighted by Crippen LogP contribution is -2.40. The molecule has 0 aromatic carbocycles. The van der Waals surface area contributed by atoms with Crippen molar-refractivity contribution < 1.29 is 9.90 Å². The standard InChI is InChI=1S/C10H17NO2S/c12-8-3-1-7(2-4-8)11-6-9(14)5-10(11)13/h7-9,12,14H,1-6H2.